The van der Waals surface area contributed by atoms with Crippen molar-refractivity contribution in [2.24, 2.45) is 5.73 Å². The smallest absolute Gasteiger partial charge is 0.264 e. The third-order valence-electron chi connectivity index (χ3n) is 6.96. The van der Waals surface area contributed by atoms with Crippen LogP contribution in [0.5, 0.6) is 0 Å². The summed E-state index contributed by atoms with van der Waals surface area (Å²) in [5.74, 6) is -3.54. The van der Waals surface area contributed by atoms with Crippen LogP contribution in [0, 0.1) is 0 Å². The third kappa shape index (κ3) is 9.74. The molecule has 0 spiro atoms. The molecule has 3 aliphatic rings. The van der Waals surface area contributed by atoms with Crippen molar-refractivity contribution in [2.75, 3.05) is 6.61 Å². The van der Waals surface area contributed by atoms with Crippen molar-refractivity contribution < 1.29 is 44.3 Å². The first-order valence-electron chi connectivity index (χ1n) is 13.9. The monoisotopic (exact) mass is 684 g/mol. The molecule has 45 heavy (non-hydrogen) atoms. The minimum atomic E-state index is -1.79. The Labute approximate surface area is 275 Å². The summed E-state index contributed by atoms with van der Waals surface area (Å²) in [6.07, 6.45) is 12.5. The number of allylic oxidation sites excluding steroid dienone is 13. The number of carbonyl (C=O) groups excluding carboxylic acids is 3. The lowest BCUT2D eigenvalue weighted by Gasteiger charge is -2.41. The van der Waals surface area contributed by atoms with E-state index >= 15 is 0 Å². The average molecular weight is 686 g/mol. The Hall–Kier alpha value is -3.00. The standard InChI is InChI=1S/C31H35Cl3N2O9/c1-17-14-20(34)29(45-17)19(33)12-9-11-18(32)10-7-5-3-2-4-6-8-13-22(37)25-26(40)21(15-24(35)39)36(30(25)43)31-28(42)27(41)23(38)16-44-31/h2-13,17,20-21,23,27-29,31,37-38,41-42H,14-16H2,1H3,(H2,35,39)/b3-2+,6-4+,7-5+,11-9+,13-8+,18-10-,19-12-,25-22-. The van der Waals surface area contributed by atoms with Gasteiger partial charge in [-0.3, -0.25) is 19.3 Å². The number of amides is 2. The van der Waals surface area contributed by atoms with Crippen LogP contribution < -0.4 is 5.73 Å². The van der Waals surface area contributed by atoms with E-state index in [1.807, 2.05) is 6.92 Å². The summed E-state index contributed by atoms with van der Waals surface area (Å²) in [5.41, 5.74) is 4.61. The predicted octanol–water partition coefficient (Wildman–Crippen LogP) is 2.70. The molecule has 0 aromatic heterocycles. The summed E-state index contributed by atoms with van der Waals surface area (Å²) < 4.78 is 11.0. The number of hydrogen-bond donors (Lipinski definition) is 5. The molecule has 3 fully saturated rings. The van der Waals surface area contributed by atoms with Gasteiger partial charge >= 0.3 is 0 Å². The fraction of sp³-hybridized carbons (Fsp3) is 0.387. The van der Waals surface area contributed by atoms with Crippen LogP contribution in [0.3, 0.4) is 0 Å². The summed E-state index contributed by atoms with van der Waals surface area (Å²) in [7, 11) is 0. The Balaban J connectivity index is 1.58. The molecule has 0 bridgehead atoms. The number of alkyl halides is 1. The maximum atomic E-state index is 13.1. The van der Waals surface area contributed by atoms with Crippen molar-refractivity contribution in [3.05, 3.63) is 94.3 Å². The summed E-state index contributed by atoms with van der Waals surface area (Å²) >= 11 is 18.7. The molecule has 8 atom stereocenters. The summed E-state index contributed by atoms with van der Waals surface area (Å²) in [5, 5.41) is 41.4. The molecular weight excluding hydrogens is 651 g/mol. The number of likely N-dealkylation sites (tertiary alicyclic amines) is 1. The number of Topliss-reactive ketones (excluding diaryl/α,β-unsaturated/α-hetero) is 1. The fourth-order valence-corrected chi connectivity index (χ4v) is 5.70. The second kappa shape index (κ2) is 17.1. The number of nitrogens with zero attached hydrogens (tertiary/aromatic N) is 1. The largest absolute Gasteiger partial charge is 0.507 e. The third-order valence-corrected chi connectivity index (χ3v) is 7.96. The molecule has 3 heterocycles. The topological polar surface area (TPSA) is 180 Å². The number of ketones is 1. The zero-order valence-electron chi connectivity index (χ0n) is 24.2. The lowest BCUT2D eigenvalue weighted by Crippen LogP contribution is -2.61. The van der Waals surface area contributed by atoms with Gasteiger partial charge in [0.1, 0.15) is 41.8 Å². The predicted molar refractivity (Wildman–Crippen MR) is 169 cm³/mol. The van der Waals surface area contributed by atoms with Crippen LogP contribution in [-0.2, 0) is 23.9 Å². The average Bonchev–Trinajstić information content (AvgIpc) is 3.44. The molecule has 14 heteroatoms. The van der Waals surface area contributed by atoms with Crippen LogP contribution >= 0.6 is 34.8 Å². The highest BCUT2D eigenvalue weighted by atomic mass is 35.5. The number of aliphatic hydroxyl groups excluding tert-OH is 4. The van der Waals surface area contributed by atoms with Crippen LogP contribution in [0.25, 0.3) is 0 Å². The highest BCUT2D eigenvalue weighted by molar-refractivity contribution is 6.32. The Morgan fingerprint density at radius 3 is 2.24 bits per heavy atom. The number of nitrogens with two attached hydrogens (primary N) is 1. The molecule has 0 saturated carbocycles. The molecule has 6 N–H and O–H groups in total. The van der Waals surface area contributed by atoms with E-state index in [2.05, 4.69) is 0 Å². The van der Waals surface area contributed by atoms with Gasteiger partial charge in [-0.2, -0.15) is 0 Å². The van der Waals surface area contributed by atoms with E-state index in [0.717, 1.165) is 17.4 Å². The summed E-state index contributed by atoms with van der Waals surface area (Å²) in [6.45, 7) is 1.50. The van der Waals surface area contributed by atoms with Gasteiger partial charge in [0.15, 0.2) is 12.0 Å². The first-order valence-corrected chi connectivity index (χ1v) is 15.1. The molecule has 8 unspecified atom stereocenters. The van der Waals surface area contributed by atoms with Crippen LogP contribution in [-0.4, -0.2) is 97.7 Å². The second-order valence-electron chi connectivity index (χ2n) is 10.4. The number of primary amides is 1. The number of hydrogen-bond acceptors (Lipinski definition) is 9. The molecule has 3 aliphatic heterocycles. The second-order valence-corrected chi connectivity index (χ2v) is 11.8. The minimum absolute atomic E-state index is 0.0532. The minimum Gasteiger partial charge on any atom is -0.507 e. The summed E-state index contributed by atoms with van der Waals surface area (Å²) in [4.78, 5) is 38.5. The van der Waals surface area contributed by atoms with Crippen molar-refractivity contribution in [3.8, 4) is 0 Å². The van der Waals surface area contributed by atoms with Crippen LogP contribution in [0.2, 0.25) is 0 Å². The molecule has 0 aromatic carbocycles. The maximum absolute atomic E-state index is 13.1. The van der Waals surface area contributed by atoms with E-state index in [-0.39, 0.29) is 17.6 Å². The molecule has 244 valence electrons. The highest BCUT2D eigenvalue weighted by Gasteiger charge is 2.53. The Kier molecular flexibility index (Phi) is 13.8. The molecular formula is C31H35Cl3N2O9. The van der Waals surface area contributed by atoms with E-state index in [1.165, 1.54) is 12.2 Å². The Bertz CT molecular complexity index is 1370. The summed E-state index contributed by atoms with van der Waals surface area (Å²) in [6, 6.07) is -1.48. The quantitative estimate of drug-likeness (QED) is 0.0719. The first-order chi connectivity index (χ1) is 21.3. The van der Waals surface area contributed by atoms with Gasteiger partial charge in [0, 0.05) is 10.1 Å². The van der Waals surface area contributed by atoms with E-state index < -0.39 is 72.5 Å². The van der Waals surface area contributed by atoms with Gasteiger partial charge in [-0.05, 0) is 37.6 Å². The van der Waals surface area contributed by atoms with E-state index in [0.29, 0.717) is 10.1 Å². The fourth-order valence-electron chi connectivity index (χ4n) is 4.76. The van der Waals surface area contributed by atoms with Crippen LogP contribution in [0.1, 0.15) is 19.8 Å². The number of halogens is 3. The maximum Gasteiger partial charge on any atom is 0.264 e. The van der Waals surface area contributed by atoms with Gasteiger partial charge in [0.2, 0.25) is 5.91 Å². The highest BCUT2D eigenvalue weighted by Crippen LogP contribution is 2.32. The number of carbonyl (C=O) groups is 3. The van der Waals surface area contributed by atoms with E-state index in [1.54, 1.807) is 54.7 Å². The van der Waals surface area contributed by atoms with Gasteiger partial charge < -0.3 is 35.6 Å². The molecule has 3 rings (SSSR count). The van der Waals surface area contributed by atoms with Crippen LogP contribution in [0.15, 0.2) is 94.3 Å². The van der Waals surface area contributed by atoms with E-state index in [9.17, 15) is 34.8 Å². The van der Waals surface area contributed by atoms with Gasteiger partial charge in [-0.15, -0.1) is 11.6 Å². The molecule has 0 radical (unpaired) electrons. The normalized spacial score (nSPS) is 33.4. The first kappa shape index (κ1) is 36.5. The molecule has 0 aliphatic carbocycles. The van der Waals surface area contributed by atoms with Gasteiger partial charge in [0.25, 0.3) is 5.91 Å². The van der Waals surface area contributed by atoms with Gasteiger partial charge in [0.05, 0.1) is 24.5 Å². The molecule has 11 nitrogen and oxygen atoms in total. The zero-order valence-corrected chi connectivity index (χ0v) is 26.4. The lowest BCUT2D eigenvalue weighted by molar-refractivity contribution is -0.229. The van der Waals surface area contributed by atoms with Crippen LogP contribution in [0.4, 0.5) is 0 Å². The number of rotatable bonds is 11. The Morgan fingerprint density at radius 1 is 0.978 bits per heavy atom. The number of aliphatic hydroxyl groups is 4. The molecule has 2 amide bonds. The van der Waals surface area contributed by atoms with Crippen molar-refractivity contribution in [3.63, 3.8) is 0 Å². The van der Waals surface area contributed by atoms with Gasteiger partial charge in [-0.25, -0.2) is 0 Å². The molecule has 3 saturated heterocycles. The lowest BCUT2D eigenvalue weighted by atomic mass is 10.0. The van der Waals surface area contributed by atoms with Crippen molar-refractivity contribution >= 4 is 52.4 Å². The van der Waals surface area contributed by atoms with E-state index in [4.69, 9.17) is 50.0 Å². The molecule has 0 aromatic rings. The van der Waals surface area contributed by atoms with Crippen molar-refractivity contribution in [2.45, 2.75) is 67.9 Å². The number of ether oxygens (including phenoxy) is 2. The zero-order chi connectivity index (χ0) is 33.3. The van der Waals surface area contributed by atoms with Crippen molar-refractivity contribution in [1.82, 2.24) is 4.90 Å². The van der Waals surface area contributed by atoms with Crippen molar-refractivity contribution in [1.29, 1.82) is 0 Å². The Morgan fingerprint density at radius 2 is 1.62 bits per heavy atom. The SMILES string of the molecule is CC1CC(Cl)C(/C(Cl)=C/C=C/C(Cl)=C/C=C/C=C/C=C/C=C/C(O)=C2\C(=O)C(CC(N)=O)N(C3OCC(O)C(O)C3O)C2=O)O1. The van der Waals surface area contributed by atoms with Gasteiger partial charge in [-0.1, -0.05) is 71.8 Å².